The Morgan fingerprint density at radius 1 is 0.914 bits per heavy atom. The number of para-hydroxylation sites is 2. The number of anilines is 1. The van der Waals surface area contributed by atoms with Gasteiger partial charge >= 0.3 is 0 Å². The van der Waals surface area contributed by atoms with E-state index in [1.807, 2.05) is 0 Å². The molecule has 1 fully saturated rings. The van der Waals surface area contributed by atoms with Gasteiger partial charge in [0, 0.05) is 10.0 Å². The number of aromatic hydroxyl groups is 1. The number of hydrogen-bond acceptors (Lipinski definition) is 7. The first-order valence-electron chi connectivity index (χ1n) is 10.5. The van der Waals surface area contributed by atoms with E-state index in [1.165, 1.54) is 33.5 Å². The van der Waals surface area contributed by atoms with Gasteiger partial charge in [0.25, 0.3) is 11.7 Å². The van der Waals surface area contributed by atoms with Gasteiger partial charge in [0.15, 0.2) is 11.5 Å². The maximum atomic E-state index is 13.3. The number of carbonyl (C=O) groups excluding carboxylic acids is 2. The Kier molecular flexibility index (Phi) is 6.70. The Labute approximate surface area is 210 Å². The third kappa shape index (κ3) is 4.19. The lowest BCUT2D eigenvalue weighted by atomic mass is 9.94. The molecule has 1 aliphatic rings. The SMILES string of the molecule is COc1cc(C2/C(=C(\O)c3ccc(Br)cc3)C(=O)C(=O)N2c2ccccc2O)cc(OC)c1OC. The van der Waals surface area contributed by atoms with Crippen LogP contribution in [0, 0.1) is 0 Å². The number of amides is 1. The fraction of sp³-hybridized carbons (Fsp3) is 0.154. The van der Waals surface area contributed by atoms with Crippen LogP contribution in [0.15, 0.2) is 70.7 Å². The first-order valence-corrected chi connectivity index (χ1v) is 11.3. The summed E-state index contributed by atoms with van der Waals surface area (Å²) >= 11 is 3.35. The largest absolute Gasteiger partial charge is 0.507 e. The number of benzene rings is 3. The minimum absolute atomic E-state index is 0.114. The Morgan fingerprint density at radius 3 is 2.06 bits per heavy atom. The van der Waals surface area contributed by atoms with Crippen LogP contribution < -0.4 is 19.1 Å². The van der Waals surface area contributed by atoms with Gasteiger partial charge in [0.1, 0.15) is 11.5 Å². The number of phenolic OH excluding ortho intramolecular Hbond substituents is 1. The molecule has 0 radical (unpaired) electrons. The van der Waals surface area contributed by atoms with Crippen molar-refractivity contribution in [1.29, 1.82) is 0 Å². The quantitative estimate of drug-likeness (QED) is 0.263. The highest BCUT2D eigenvalue weighted by Gasteiger charge is 2.48. The van der Waals surface area contributed by atoms with Crippen molar-refractivity contribution in [3.05, 3.63) is 81.8 Å². The lowest BCUT2D eigenvalue weighted by molar-refractivity contribution is -0.132. The number of carbonyl (C=O) groups is 2. The van der Waals surface area contributed by atoms with Crippen molar-refractivity contribution in [2.75, 3.05) is 26.2 Å². The summed E-state index contributed by atoms with van der Waals surface area (Å²) in [5.41, 5.74) is 0.722. The third-order valence-electron chi connectivity index (χ3n) is 5.71. The van der Waals surface area contributed by atoms with E-state index in [0.29, 0.717) is 28.4 Å². The molecule has 1 saturated heterocycles. The lowest BCUT2D eigenvalue weighted by Crippen LogP contribution is -2.29. The number of ketones is 1. The molecule has 0 aromatic heterocycles. The standard InChI is InChI=1S/C26H22BrNO7/c1-33-19-12-15(13-20(34-2)25(19)35-3)22-21(23(30)14-8-10-16(27)11-9-14)24(31)26(32)28(22)17-6-4-5-7-18(17)29/h4-13,22,29-30H,1-3H3/b23-21+. The van der Waals surface area contributed by atoms with Crippen LogP contribution in [0.5, 0.6) is 23.0 Å². The molecule has 35 heavy (non-hydrogen) atoms. The number of Topliss-reactive ketones (excluding diaryl/α,β-unsaturated/α-hetero) is 1. The number of aliphatic hydroxyl groups excluding tert-OH is 1. The molecule has 9 heteroatoms. The first-order chi connectivity index (χ1) is 16.8. The molecule has 0 saturated carbocycles. The van der Waals surface area contributed by atoms with Crippen molar-refractivity contribution < 1.29 is 34.0 Å². The van der Waals surface area contributed by atoms with E-state index in [0.717, 1.165) is 9.37 Å². The Bertz CT molecular complexity index is 1310. The highest BCUT2D eigenvalue weighted by atomic mass is 79.9. The van der Waals surface area contributed by atoms with Gasteiger partial charge in [0.2, 0.25) is 5.75 Å². The topological polar surface area (TPSA) is 106 Å². The number of nitrogens with zero attached hydrogens (tertiary/aromatic N) is 1. The molecule has 1 atom stereocenters. The molecule has 180 valence electrons. The van der Waals surface area contributed by atoms with E-state index in [2.05, 4.69) is 15.9 Å². The minimum Gasteiger partial charge on any atom is -0.507 e. The van der Waals surface area contributed by atoms with Crippen LogP contribution in [0.25, 0.3) is 5.76 Å². The van der Waals surface area contributed by atoms with Gasteiger partial charge in [-0.15, -0.1) is 0 Å². The fourth-order valence-corrected chi connectivity index (χ4v) is 4.35. The lowest BCUT2D eigenvalue weighted by Gasteiger charge is -2.27. The average Bonchev–Trinajstić information content (AvgIpc) is 3.13. The Morgan fingerprint density at radius 2 is 1.51 bits per heavy atom. The summed E-state index contributed by atoms with van der Waals surface area (Å²) < 4.78 is 17.1. The molecule has 1 aliphatic heterocycles. The second-order valence-electron chi connectivity index (χ2n) is 7.62. The van der Waals surface area contributed by atoms with E-state index in [1.54, 1.807) is 48.5 Å². The zero-order valence-corrected chi connectivity index (χ0v) is 20.7. The number of aliphatic hydroxyl groups is 1. The minimum atomic E-state index is -1.10. The summed E-state index contributed by atoms with van der Waals surface area (Å²) in [6, 6.07) is 14.9. The molecular weight excluding hydrogens is 518 g/mol. The number of methoxy groups -OCH3 is 3. The fourth-order valence-electron chi connectivity index (χ4n) is 4.09. The van der Waals surface area contributed by atoms with Crippen LogP contribution in [0.4, 0.5) is 5.69 Å². The monoisotopic (exact) mass is 539 g/mol. The molecule has 3 aromatic carbocycles. The third-order valence-corrected chi connectivity index (χ3v) is 6.23. The Balaban J connectivity index is 2.03. The van der Waals surface area contributed by atoms with Crippen molar-refractivity contribution in [1.82, 2.24) is 0 Å². The number of rotatable bonds is 6. The van der Waals surface area contributed by atoms with Crippen molar-refractivity contribution >= 4 is 39.1 Å². The molecular formula is C26H22BrNO7. The Hall–Kier alpha value is -3.98. The van der Waals surface area contributed by atoms with Crippen LogP contribution in [0.1, 0.15) is 17.2 Å². The van der Waals surface area contributed by atoms with Gasteiger partial charge in [-0.1, -0.05) is 40.2 Å². The highest BCUT2D eigenvalue weighted by molar-refractivity contribution is 9.10. The average molecular weight is 540 g/mol. The second kappa shape index (κ2) is 9.71. The summed E-state index contributed by atoms with van der Waals surface area (Å²) in [5.74, 6) is -1.42. The normalized spacial score (nSPS) is 16.9. The van der Waals surface area contributed by atoms with Crippen molar-refractivity contribution in [2.45, 2.75) is 6.04 Å². The molecule has 8 nitrogen and oxygen atoms in total. The molecule has 1 unspecified atom stereocenters. The molecule has 0 bridgehead atoms. The summed E-state index contributed by atoms with van der Waals surface area (Å²) in [4.78, 5) is 27.8. The van der Waals surface area contributed by atoms with Crippen molar-refractivity contribution in [3.63, 3.8) is 0 Å². The van der Waals surface area contributed by atoms with Crippen LogP contribution in [-0.2, 0) is 9.59 Å². The summed E-state index contributed by atoms with van der Waals surface area (Å²) in [6.45, 7) is 0. The van der Waals surface area contributed by atoms with Gasteiger partial charge in [-0.05, 0) is 42.0 Å². The van der Waals surface area contributed by atoms with Gasteiger partial charge in [0.05, 0.1) is 38.6 Å². The summed E-state index contributed by atoms with van der Waals surface area (Å²) in [5, 5.41) is 21.8. The number of phenols is 1. The van der Waals surface area contributed by atoms with E-state index < -0.39 is 17.7 Å². The summed E-state index contributed by atoms with van der Waals surface area (Å²) in [6.07, 6.45) is 0. The van der Waals surface area contributed by atoms with Crippen LogP contribution in [-0.4, -0.2) is 43.2 Å². The van der Waals surface area contributed by atoms with Gasteiger partial charge in [-0.25, -0.2) is 0 Å². The zero-order valence-electron chi connectivity index (χ0n) is 19.1. The van der Waals surface area contributed by atoms with E-state index in [4.69, 9.17) is 14.2 Å². The molecule has 3 aromatic rings. The molecule has 0 aliphatic carbocycles. The van der Waals surface area contributed by atoms with E-state index in [-0.39, 0.29) is 22.8 Å². The van der Waals surface area contributed by atoms with Crippen LogP contribution in [0.2, 0.25) is 0 Å². The maximum absolute atomic E-state index is 13.3. The molecule has 2 N–H and O–H groups in total. The highest BCUT2D eigenvalue weighted by Crippen LogP contribution is 2.48. The zero-order chi connectivity index (χ0) is 25.3. The molecule has 0 spiro atoms. The number of halogens is 1. The first kappa shape index (κ1) is 24.2. The predicted molar refractivity (Wildman–Crippen MR) is 133 cm³/mol. The predicted octanol–water partition coefficient (Wildman–Crippen LogP) is 4.81. The van der Waals surface area contributed by atoms with Gasteiger partial charge in [-0.3, -0.25) is 14.5 Å². The maximum Gasteiger partial charge on any atom is 0.300 e. The van der Waals surface area contributed by atoms with Gasteiger partial charge in [-0.2, -0.15) is 0 Å². The second-order valence-corrected chi connectivity index (χ2v) is 8.54. The van der Waals surface area contributed by atoms with Crippen molar-refractivity contribution in [3.8, 4) is 23.0 Å². The van der Waals surface area contributed by atoms with E-state index in [9.17, 15) is 19.8 Å². The van der Waals surface area contributed by atoms with Crippen LogP contribution >= 0.6 is 15.9 Å². The molecule has 4 rings (SSSR count). The smallest absolute Gasteiger partial charge is 0.300 e. The van der Waals surface area contributed by atoms with Crippen molar-refractivity contribution in [2.24, 2.45) is 0 Å². The van der Waals surface area contributed by atoms with Crippen LogP contribution in [0.3, 0.4) is 0 Å². The summed E-state index contributed by atoms with van der Waals surface area (Å²) in [7, 11) is 4.35. The number of hydrogen-bond donors (Lipinski definition) is 2. The molecule has 1 heterocycles. The molecule has 1 amide bonds. The number of ether oxygens (including phenoxy) is 3. The van der Waals surface area contributed by atoms with E-state index >= 15 is 0 Å². The van der Waals surface area contributed by atoms with Gasteiger partial charge < -0.3 is 24.4 Å².